The second kappa shape index (κ2) is 8.77. The summed E-state index contributed by atoms with van der Waals surface area (Å²) in [6.07, 6.45) is 1.75. The van der Waals surface area contributed by atoms with Crippen molar-refractivity contribution in [2.45, 2.75) is 32.5 Å². The van der Waals surface area contributed by atoms with Crippen LogP contribution in [0.4, 0.5) is 5.13 Å². The highest BCUT2D eigenvalue weighted by atomic mass is 32.2. The summed E-state index contributed by atoms with van der Waals surface area (Å²) in [5.41, 5.74) is 0.535. The second-order valence-electron chi connectivity index (χ2n) is 4.92. The standard InChI is InChI=1S/C15H19N5O3S2/c1-5-7-20-10(4)18-19-15(20)24-8-11(21)17-14-16-9(3)12(25-14)13(22)23-6-2/h5H,1,6-8H2,2-4H3,(H,16,17,21). The van der Waals surface area contributed by atoms with Crippen molar-refractivity contribution >= 4 is 40.1 Å². The number of thiazole rings is 1. The molecule has 2 heterocycles. The lowest BCUT2D eigenvalue weighted by Crippen LogP contribution is -2.14. The third-order valence-corrected chi connectivity index (χ3v) is 5.07. The topological polar surface area (TPSA) is 99.0 Å². The Hall–Kier alpha value is -2.20. The Bertz CT molecular complexity index is 784. The van der Waals surface area contributed by atoms with E-state index in [0.29, 0.717) is 34.0 Å². The molecule has 0 spiro atoms. The van der Waals surface area contributed by atoms with Gasteiger partial charge in [0.15, 0.2) is 10.3 Å². The fraction of sp³-hybridized carbons (Fsp3) is 0.400. The minimum atomic E-state index is -0.430. The summed E-state index contributed by atoms with van der Waals surface area (Å²) in [5, 5.41) is 11.8. The first kappa shape index (κ1) is 19.1. The number of allylic oxidation sites excluding steroid dienone is 1. The number of ether oxygens (including phenoxy) is 1. The summed E-state index contributed by atoms with van der Waals surface area (Å²) >= 11 is 2.38. The van der Waals surface area contributed by atoms with Crippen LogP contribution in [-0.4, -0.2) is 44.0 Å². The number of carbonyl (C=O) groups excluding carboxylic acids is 2. The van der Waals surface area contributed by atoms with Crippen LogP contribution in [0.5, 0.6) is 0 Å². The Morgan fingerprint density at radius 3 is 2.84 bits per heavy atom. The van der Waals surface area contributed by atoms with Gasteiger partial charge in [-0.25, -0.2) is 9.78 Å². The smallest absolute Gasteiger partial charge is 0.350 e. The molecule has 0 bridgehead atoms. The summed E-state index contributed by atoms with van der Waals surface area (Å²) in [5.74, 6) is 0.251. The summed E-state index contributed by atoms with van der Waals surface area (Å²) in [6.45, 7) is 9.85. The molecule has 0 atom stereocenters. The SMILES string of the molecule is C=CCn1c(C)nnc1SCC(=O)Nc1nc(C)c(C(=O)OCC)s1. The predicted octanol–water partition coefficient (Wildman–Crippen LogP) is 2.44. The lowest BCUT2D eigenvalue weighted by Gasteiger charge is -2.05. The fourth-order valence-corrected chi connectivity index (χ4v) is 3.60. The molecule has 0 aliphatic rings. The number of nitrogens with one attached hydrogen (secondary N) is 1. The first-order chi connectivity index (χ1) is 12.0. The Balaban J connectivity index is 1.96. The first-order valence-corrected chi connectivity index (χ1v) is 9.34. The molecule has 0 saturated heterocycles. The highest BCUT2D eigenvalue weighted by Crippen LogP contribution is 2.24. The number of thioether (sulfide) groups is 1. The molecule has 0 radical (unpaired) electrons. The van der Waals surface area contributed by atoms with E-state index in [9.17, 15) is 9.59 Å². The van der Waals surface area contributed by atoms with E-state index in [1.807, 2.05) is 11.5 Å². The number of amides is 1. The number of aryl methyl sites for hydroxylation is 2. The molecule has 2 aromatic rings. The van der Waals surface area contributed by atoms with E-state index in [0.717, 1.165) is 17.2 Å². The quantitative estimate of drug-likeness (QED) is 0.426. The number of aromatic nitrogens is 4. The van der Waals surface area contributed by atoms with Crippen molar-refractivity contribution in [2.75, 3.05) is 17.7 Å². The molecule has 1 amide bonds. The maximum absolute atomic E-state index is 12.1. The Morgan fingerprint density at radius 1 is 1.40 bits per heavy atom. The summed E-state index contributed by atoms with van der Waals surface area (Å²) in [7, 11) is 0. The number of rotatable bonds is 8. The zero-order chi connectivity index (χ0) is 18.4. The van der Waals surface area contributed by atoms with Crippen molar-refractivity contribution in [3.8, 4) is 0 Å². The van der Waals surface area contributed by atoms with Gasteiger partial charge in [-0.15, -0.1) is 16.8 Å². The molecule has 2 aromatic heterocycles. The number of hydrogen-bond acceptors (Lipinski definition) is 8. The maximum atomic E-state index is 12.1. The van der Waals surface area contributed by atoms with E-state index in [1.165, 1.54) is 11.8 Å². The second-order valence-corrected chi connectivity index (χ2v) is 6.86. The average Bonchev–Trinajstić information content (AvgIpc) is 3.10. The monoisotopic (exact) mass is 381 g/mol. The predicted molar refractivity (Wildman–Crippen MR) is 97.1 cm³/mol. The molecular weight excluding hydrogens is 362 g/mol. The van der Waals surface area contributed by atoms with E-state index in [-0.39, 0.29) is 11.7 Å². The molecule has 10 heteroatoms. The van der Waals surface area contributed by atoms with Crippen molar-refractivity contribution in [3.05, 3.63) is 29.1 Å². The number of carbonyl (C=O) groups is 2. The minimum absolute atomic E-state index is 0.155. The van der Waals surface area contributed by atoms with Gasteiger partial charge < -0.3 is 14.6 Å². The molecule has 25 heavy (non-hydrogen) atoms. The highest BCUT2D eigenvalue weighted by Gasteiger charge is 2.18. The van der Waals surface area contributed by atoms with Gasteiger partial charge in [0.25, 0.3) is 0 Å². The minimum Gasteiger partial charge on any atom is -0.462 e. The van der Waals surface area contributed by atoms with Gasteiger partial charge in [-0.1, -0.05) is 29.2 Å². The molecular formula is C15H19N5O3S2. The van der Waals surface area contributed by atoms with Crippen LogP contribution in [0.2, 0.25) is 0 Å². The summed E-state index contributed by atoms with van der Waals surface area (Å²) < 4.78 is 6.83. The van der Waals surface area contributed by atoms with E-state index >= 15 is 0 Å². The summed E-state index contributed by atoms with van der Waals surface area (Å²) in [6, 6.07) is 0. The zero-order valence-electron chi connectivity index (χ0n) is 14.2. The van der Waals surface area contributed by atoms with Crippen molar-refractivity contribution in [1.29, 1.82) is 0 Å². The van der Waals surface area contributed by atoms with Gasteiger partial charge in [-0.2, -0.15) is 0 Å². The zero-order valence-corrected chi connectivity index (χ0v) is 15.9. The van der Waals surface area contributed by atoms with Crippen LogP contribution >= 0.6 is 23.1 Å². The lowest BCUT2D eigenvalue weighted by atomic mass is 10.4. The van der Waals surface area contributed by atoms with Crippen molar-refractivity contribution in [1.82, 2.24) is 19.7 Å². The van der Waals surface area contributed by atoms with Gasteiger partial charge in [0.2, 0.25) is 5.91 Å². The molecule has 8 nitrogen and oxygen atoms in total. The van der Waals surface area contributed by atoms with Crippen molar-refractivity contribution < 1.29 is 14.3 Å². The van der Waals surface area contributed by atoms with Crippen LogP contribution < -0.4 is 5.32 Å². The van der Waals surface area contributed by atoms with Gasteiger partial charge >= 0.3 is 5.97 Å². The van der Waals surface area contributed by atoms with Crippen molar-refractivity contribution in [2.24, 2.45) is 0 Å². The largest absolute Gasteiger partial charge is 0.462 e. The molecule has 2 rings (SSSR count). The molecule has 0 aliphatic heterocycles. The number of esters is 1. The Kier molecular flexibility index (Phi) is 6.71. The van der Waals surface area contributed by atoms with Gasteiger partial charge in [0, 0.05) is 6.54 Å². The summed E-state index contributed by atoms with van der Waals surface area (Å²) in [4.78, 5) is 28.5. The lowest BCUT2D eigenvalue weighted by molar-refractivity contribution is -0.113. The average molecular weight is 381 g/mol. The van der Waals surface area contributed by atoms with Crippen LogP contribution in [0, 0.1) is 13.8 Å². The van der Waals surface area contributed by atoms with E-state index in [2.05, 4.69) is 27.1 Å². The van der Waals surface area contributed by atoms with E-state index in [1.54, 1.807) is 19.9 Å². The van der Waals surface area contributed by atoms with Gasteiger partial charge in [-0.3, -0.25) is 4.79 Å². The van der Waals surface area contributed by atoms with Crippen LogP contribution in [0.3, 0.4) is 0 Å². The maximum Gasteiger partial charge on any atom is 0.350 e. The van der Waals surface area contributed by atoms with Gasteiger partial charge in [0.1, 0.15) is 10.7 Å². The molecule has 0 aromatic carbocycles. The number of nitrogens with zero attached hydrogens (tertiary/aromatic N) is 4. The van der Waals surface area contributed by atoms with Gasteiger partial charge in [0.05, 0.1) is 18.1 Å². The van der Waals surface area contributed by atoms with Gasteiger partial charge in [-0.05, 0) is 20.8 Å². The third kappa shape index (κ3) is 4.89. The molecule has 0 saturated carbocycles. The van der Waals surface area contributed by atoms with Crippen LogP contribution in [-0.2, 0) is 16.1 Å². The van der Waals surface area contributed by atoms with Crippen LogP contribution in [0.25, 0.3) is 0 Å². The molecule has 0 fully saturated rings. The Labute approximate surface area is 153 Å². The fourth-order valence-electron chi connectivity index (χ4n) is 1.93. The molecule has 0 aliphatic carbocycles. The normalized spacial score (nSPS) is 10.5. The van der Waals surface area contributed by atoms with Crippen LogP contribution in [0.15, 0.2) is 17.8 Å². The number of anilines is 1. The molecule has 134 valence electrons. The van der Waals surface area contributed by atoms with E-state index < -0.39 is 5.97 Å². The molecule has 1 N–H and O–H groups in total. The number of hydrogen-bond donors (Lipinski definition) is 1. The van der Waals surface area contributed by atoms with Crippen LogP contribution in [0.1, 0.15) is 28.1 Å². The Morgan fingerprint density at radius 2 is 2.16 bits per heavy atom. The van der Waals surface area contributed by atoms with E-state index in [4.69, 9.17) is 4.74 Å². The highest BCUT2D eigenvalue weighted by molar-refractivity contribution is 7.99. The van der Waals surface area contributed by atoms with Crippen molar-refractivity contribution in [3.63, 3.8) is 0 Å². The molecule has 0 unspecified atom stereocenters. The third-order valence-electron chi connectivity index (χ3n) is 3.05. The first-order valence-electron chi connectivity index (χ1n) is 7.54.